The molecule has 0 saturated heterocycles. The number of methoxy groups -OCH3 is 1. The lowest BCUT2D eigenvalue weighted by molar-refractivity contribution is -0.150. The van der Waals surface area contributed by atoms with Crippen LogP contribution in [0.5, 0.6) is 11.5 Å². The summed E-state index contributed by atoms with van der Waals surface area (Å²) in [7, 11) is 1.06. The summed E-state index contributed by atoms with van der Waals surface area (Å²) in [4.78, 5) is 11.4. The molecule has 0 spiro atoms. The number of halogens is 2. The molecule has 110 valence electrons. The molecule has 1 aromatic carbocycles. The van der Waals surface area contributed by atoms with Crippen LogP contribution >= 0.6 is 0 Å². The molecule has 0 amide bonds. The van der Waals surface area contributed by atoms with Gasteiger partial charge in [-0.05, 0) is 12.1 Å². The van der Waals surface area contributed by atoms with Gasteiger partial charge >= 0.3 is 5.97 Å². The standard InChI is InChI=1S/C13H14F2O5/c1-13(14,15)8-6-10-9(19-3-4-20-10)5-7(8)11(16)12(17)18-2/h5-6,11,16H,3-4H2,1-2H3. The number of benzene rings is 1. The fourth-order valence-electron chi connectivity index (χ4n) is 1.95. The van der Waals surface area contributed by atoms with Crippen LogP contribution in [0.25, 0.3) is 0 Å². The number of carbonyl (C=O) groups excluding carboxylic acids is 1. The minimum absolute atomic E-state index is 0.161. The van der Waals surface area contributed by atoms with Crippen molar-refractivity contribution in [2.75, 3.05) is 20.3 Å². The SMILES string of the molecule is COC(=O)C(O)c1cc2c(cc1C(C)(F)F)OCCO2. The molecule has 0 aliphatic carbocycles. The van der Waals surface area contributed by atoms with E-state index in [1.807, 2.05) is 0 Å². The van der Waals surface area contributed by atoms with Crippen molar-refractivity contribution in [1.29, 1.82) is 0 Å². The van der Waals surface area contributed by atoms with Gasteiger partial charge < -0.3 is 19.3 Å². The van der Waals surface area contributed by atoms with Gasteiger partial charge in [0, 0.05) is 18.1 Å². The molecule has 1 N–H and O–H groups in total. The Hall–Kier alpha value is -1.89. The zero-order valence-corrected chi connectivity index (χ0v) is 11.0. The third-order valence-corrected chi connectivity index (χ3v) is 2.91. The van der Waals surface area contributed by atoms with Crippen molar-refractivity contribution in [3.8, 4) is 11.5 Å². The smallest absolute Gasteiger partial charge is 0.339 e. The molecule has 1 heterocycles. The van der Waals surface area contributed by atoms with Crippen LogP contribution in [-0.2, 0) is 15.5 Å². The van der Waals surface area contributed by atoms with E-state index in [0.717, 1.165) is 13.2 Å². The van der Waals surface area contributed by atoms with E-state index in [-0.39, 0.29) is 30.3 Å². The normalized spacial score (nSPS) is 15.7. The number of carbonyl (C=O) groups is 1. The molecule has 0 bridgehead atoms. The first-order valence-corrected chi connectivity index (χ1v) is 5.92. The number of aliphatic hydroxyl groups is 1. The molecule has 7 heteroatoms. The summed E-state index contributed by atoms with van der Waals surface area (Å²) >= 11 is 0. The Balaban J connectivity index is 2.55. The molecule has 5 nitrogen and oxygen atoms in total. The highest BCUT2D eigenvalue weighted by molar-refractivity contribution is 5.77. The molecule has 0 saturated carbocycles. The average molecular weight is 288 g/mol. The highest BCUT2D eigenvalue weighted by atomic mass is 19.3. The van der Waals surface area contributed by atoms with Gasteiger partial charge in [0.2, 0.25) is 0 Å². The molecule has 1 aliphatic rings. The lowest BCUT2D eigenvalue weighted by Gasteiger charge is -2.24. The monoisotopic (exact) mass is 288 g/mol. The van der Waals surface area contributed by atoms with Crippen LogP contribution in [0.4, 0.5) is 8.78 Å². The van der Waals surface area contributed by atoms with Crippen molar-refractivity contribution < 1.29 is 32.9 Å². The minimum atomic E-state index is -3.25. The number of fused-ring (bicyclic) bond motifs is 1. The molecule has 20 heavy (non-hydrogen) atoms. The zero-order chi connectivity index (χ0) is 14.9. The first-order chi connectivity index (χ1) is 9.34. The Morgan fingerprint density at radius 3 is 2.40 bits per heavy atom. The summed E-state index contributed by atoms with van der Waals surface area (Å²) in [6, 6.07) is 2.26. The van der Waals surface area contributed by atoms with Crippen LogP contribution in [0, 0.1) is 0 Å². The van der Waals surface area contributed by atoms with Crippen LogP contribution in [-0.4, -0.2) is 31.4 Å². The van der Waals surface area contributed by atoms with Crippen LogP contribution in [0.15, 0.2) is 12.1 Å². The molecule has 1 aliphatic heterocycles. The quantitative estimate of drug-likeness (QED) is 0.859. The predicted octanol–water partition coefficient (Wildman–Crippen LogP) is 1.78. The highest BCUT2D eigenvalue weighted by Gasteiger charge is 2.35. The number of hydrogen-bond donors (Lipinski definition) is 1. The fraction of sp³-hybridized carbons (Fsp3) is 0.462. The van der Waals surface area contributed by atoms with Gasteiger partial charge in [-0.15, -0.1) is 0 Å². The van der Waals surface area contributed by atoms with Crippen molar-refractivity contribution in [2.45, 2.75) is 19.0 Å². The van der Waals surface area contributed by atoms with Crippen molar-refractivity contribution in [3.63, 3.8) is 0 Å². The molecule has 1 aromatic rings. The third kappa shape index (κ3) is 2.67. The van der Waals surface area contributed by atoms with Gasteiger partial charge in [0.1, 0.15) is 13.2 Å². The second kappa shape index (κ2) is 5.24. The Morgan fingerprint density at radius 1 is 1.35 bits per heavy atom. The van der Waals surface area contributed by atoms with Crippen LogP contribution < -0.4 is 9.47 Å². The number of esters is 1. The molecule has 0 fully saturated rings. The molecular weight excluding hydrogens is 274 g/mol. The van der Waals surface area contributed by atoms with Gasteiger partial charge in [-0.25, -0.2) is 13.6 Å². The van der Waals surface area contributed by atoms with E-state index in [1.54, 1.807) is 0 Å². The molecule has 1 atom stereocenters. The van der Waals surface area contributed by atoms with Crippen molar-refractivity contribution >= 4 is 5.97 Å². The Morgan fingerprint density at radius 2 is 1.90 bits per heavy atom. The van der Waals surface area contributed by atoms with Gasteiger partial charge in [-0.3, -0.25) is 0 Å². The molecule has 0 aromatic heterocycles. The van der Waals surface area contributed by atoms with E-state index in [9.17, 15) is 18.7 Å². The van der Waals surface area contributed by atoms with E-state index in [2.05, 4.69) is 4.74 Å². The lowest BCUT2D eigenvalue weighted by atomic mass is 9.97. The second-order valence-electron chi connectivity index (χ2n) is 4.40. The third-order valence-electron chi connectivity index (χ3n) is 2.91. The van der Waals surface area contributed by atoms with Crippen molar-refractivity contribution in [2.24, 2.45) is 0 Å². The largest absolute Gasteiger partial charge is 0.486 e. The maximum atomic E-state index is 13.7. The van der Waals surface area contributed by atoms with Crippen molar-refractivity contribution in [1.82, 2.24) is 0 Å². The second-order valence-corrected chi connectivity index (χ2v) is 4.40. The Labute approximate surface area is 114 Å². The summed E-state index contributed by atoms with van der Waals surface area (Å²) in [5, 5.41) is 9.83. The predicted molar refractivity (Wildman–Crippen MR) is 64.0 cm³/mol. The fourth-order valence-corrected chi connectivity index (χ4v) is 1.95. The van der Waals surface area contributed by atoms with E-state index >= 15 is 0 Å². The molecule has 2 rings (SSSR count). The van der Waals surface area contributed by atoms with E-state index in [0.29, 0.717) is 6.92 Å². The molecular formula is C13H14F2O5. The van der Waals surface area contributed by atoms with E-state index in [4.69, 9.17) is 9.47 Å². The van der Waals surface area contributed by atoms with Crippen LogP contribution in [0.2, 0.25) is 0 Å². The zero-order valence-electron chi connectivity index (χ0n) is 11.0. The van der Waals surface area contributed by atoms with E-state index in [1.165, 1.54) is 6.07 Å². The average Bonchev–Trinajstić information content (AvgIpc) is 2.43. The first kappa shape index (κ1) is 14.5. The Bertz CT molecular complexity index is 524. The van der Waals surface area contributed by atoms with Gasteiger partial charge in [-0.2, -0.15) is 0 Å². The molecule has 0 radical (unpaired) electrons. The van der Waals surface area contributed by atoms with Crippen LogP contribution in [0.3, 0.4) is 0 Å². The van der Waals surface area contributed by atoms with Gasteiger partial charge in [-0.1, -0.05) is 0 Å². The van der Waals surface area contributed by atoms with Gasteiger partial charge in [0.25, 0.3) is 5.92 Å². The Kier molecular flexibility index (Phi) is 3.80. The number of ether oxygens (including phenoxy) is 3. The van der Waals surface area contributed by atoms with Gasteiger partial charge in [0.15, 0.2) is 17.6 Å². The van der Waals surface area contributed by atoms with Crippen molar-refractivity contribution in [3.05, 3.63) is 23.3 Å². The summed E-state index contributed by atoms with van der Waals surface area (Å²) in [6.07, 6.45) is -1.81. The summed E-state index contributed by atoms with van der Waals surface area (Å²) in [6.45, 7) is 1.19. The van der Waals surface area contributed by atoms with Gasteiger partial charge in [0.05, 0.1) is 7.11 Å². The summed E-state index contributed by atoms with van der Waals surface area (Å²) in [5.74, 6) is -3.90. The number of rotatable bonds is 3. The lowest BCUT2D eigenvalue weighted by Crippen LogP contribution is -2.22. The number of hydrogen-bond acceptors (Lipinski definition) is 5. The highest BCUT2D eigenvalue weighted by Crippen LogP contribution is 2.41. The first-order valence-electron chi connectivity index (χ1n) is 5.92. The topological polar surface area (TPSA) is 65.0 Å². The maximum absolute atomic E-state index is 13.7. The summed E-state index contributed by atoms with van der Waals surface area (Å²) < 4.78 is 42.2. The van der Waals surface area contributed by atoms with E-state index < -0.39 is 23.6 Å². The van der Waals surface area contributed by atoms with Crippen LogP contribution in [0.1, 0.15) is 24.2 Å². The maximum Gasteiger partial charge on any atom is 0.339 e. The number of aliphatic hydroxyl groups excluding tert-OH is 1. The molecule has 1 unspecified atom stereocenters. The number of alkyl halides is 2. The minimum Gasteiger partial charge on any atom is -0.486 e. The summed E-state index contributed by atoms with van der Waals surface area (Å²) in [5.41, 5.74) is -0.756.